The highest BCUT2D eigenvalue weighted by Crippen LogP contribution is 2.01. The van der Waals surface area contributed by atoms with E-state index in [2.05, 4.69) is 16.3 Å². The fourth-order valence-corrected chi connectivity index (χ4v) is 1.88. The molecular weight excluding hydrogens is 244 g/mol. The Morgan fingerprint density at radius 3 is 2.71 bits per heavy atom. The number of rotatable bonds is 6. The van der Waals surface area contributed by atoms with Crippen LogP contribution in [0.15, 0.2) is 31.0 Å². The van der Waals surface area contributed by atoms with Gasteiger partial charge < -0.3 is 5.11 Å². The van der Waals surface area contributed by atoms with Gasteiger partial charge in [0.15, 0.2) is 0 Å². The van der Waals surface area contributed by atoms with E-state index in [1.165, 1.54) is 24.4 Å². The Morgan fingerprint density at radius 2 is 2.24 bits per heavy atom. The molecule has 2 N–H and O–H groups in total. The largest absolute Gasteiger partial charge is 0.477 e. The van der Waals surface area contributed by atoms with E-state index in [0.717, 1.165) is 0 Å². The van der Waals surface area contributed by atoms with Gasteiger partial charge in [-0.1, -0.05) is 12.1 Å². The Morgan fingerprint density at radius 1 is 1.53 bits per heavy atom. The first kappa shape index (κ1) is 13.3. The van der Waals surface area contributed by atoms with Gasteiger partial charge in [-0.3, -0.25) is 0 Å². The molecule has 0 unspecified atom stereocenters. The van der Waals surface area contributed by atoms with Crippen molar-refractivity contribution in [2.45, 2.75) is 6.54 Å². The minimum Gasteiger partial charge on any atom is -0.477 e. The molecule has 1 heterocycles. The molecule has 0 aliphatic heterocycles. The summed E-state index contributed by atoms with van der Waals surface area (Å²) in [4.78, 5) is 14.2. The minimum absolute atomic E-state index is 0.0725. The van der Waals surface area contributed by atoms with Crippen LogP contribution in [0.2, 0.25) is 0 Å². The lowest BCUT2D eigenvalue weighted by molar-refractivity contribution is 0.0690. The summed E-state index contributed by atoms with van der Waals surface area (Å²) in [6, 6.07) is 2.83. The second-order valence-corrected chi connectivity index (χ2v) is 5.10. The predicted octanol–water partition coefficient (Wildman–Crippen LogP) is 0.385. The quantitative estimate of drug-likeness (QED) is 0.717. The highest BCUT2D eigenvalue weighted by atomic mass is 32.2. The van der Waals surface area contributed by atoms with Crippen LogP contribution >= 0.6 is 0 Å². The van der Waals surface area contributed by atoms with Crippen LogP contribution in [-0.4, -0.2) is 30.2 Å². The van der Waals surface area contributed by atoms with Gasteiger partial charge in [-0.25, -0.2) is 22.9 Å². The lowest BCUT2D eigenvalue weighted by atomic mass is 10.2. The number of nitrogens with one attached hydrogen (secondary N) is 1. The zero-order valence-electron chi connectivity index (χ0n) is 8.96. The van der Waals surface area contributed by atoms with Gasteiger partial charge in [0.2, 0.25) is 10.0 Å². The van der Waals surface area contributed by atoms with Crippen LogP contribution in [0.1, 0.15) is 16.1 Å². The molecule has 0 spiro atoms. The van der Waals surface area contributed by atoms with Crippen molar-refractivity contribution >= 4 is 16.0 Å². The number of hydrogen-bond acceptors (Lipinski definition) is 4. The van der Waals surface area contributed by atoms with Crippen LogP contribution < -0.4 is 4.72 Å². The Labute approximate surface area is 99.1 Å². The first-order valence-electron chi connectivity index (χ1n) is 4.71. The molecule has 0 fully saturated rings. The number of sulfonamides is 1. The van der Waals surface area contributed by atoms with E-state index >= 15 is 0 Å². The maximum Gasteiger partial charge on any atom is 0.354 e. The van der Waals surface area contributed by atoms with E-state index in [9.17, 15) is 13.2 Å². The third kappa shape index (κ3) is 4.33. The molecule has 1 aromatic rings. The van der Waals surface area contributed by atoms with E-state index < -0.39 is 16.0 Å². The molecule has 1 aromatic heterocycles. The highest BCUT2D eigenvalue weighted by Gasteiger charge is 2.08. The first-order valence-corrected chi connectivity index (χ1v) is 6.36. The fourth-order valence-electron chi connectivity index (χ4n) is 1.06. The standard InChI is InChI=1S/C10H12N2O4S/c1-2-5-17(15,16)12-7-8-3-4-9(10(13)14)11-6-8/h2-4,6,12H,1,5,7H2,(H,13,14). The van der Waals surface area contributed by atoms with E-state index in [1.54, 1.807) is 0 Å². The topological polar surface area (TPSA) is 96.4 Å². The lowest BCUT2D eigenvalue weighted by Gasteiger charge is -2.04. The summed E-state index contributed by atoms with van der Waals surface area (Å²) in [5.74, 6) is -1.28. The van der Waals surface area contributed by atoms with Crippen LogP contribution in [0.4, 0.5) is 0 Å². The number of carboxylic acid groups (broad SMARTS) is 1. The summed E-state index contributed by atoms with van der Waals surface area (Å²) in [6.45, 7) is 3.41. The molecule has 0 saturated heterocycles. The Balaban J connectivity index is 2.64. The molecule has 0 bridgehead atoms. The molecule has 6 nitrogen and oxygen atoms in total. The third-order valence-electron chi connectivity index (χ3n) is 1.88. The molecule has 92 valence electrons. The van der Waals surface area contributed by atoms with Crippen LogP contribution in [0, 0.1) is 0 Å². The van der Waals surface area contributed by atoms with Gasteiger partial charge >= 0.3 is 5.97 Å². The molecule has 0 aliphatic rings. The number of aromatic carboxylic acids is 1. The molecule has 0 aromatic carbocycles. The summed E-state index contributed by atoms with van der Waals surface area (Å²) < 4.78 is 24.9. The van der Waals surface area contributed by atoms with Crippen LogP contribution in [0.5, 0.6) is 0 Å². The van der Waals surface area contributed by atoms with E-state index in [0.29, 0.717) is 5.56 Å². The summed E-state index contributed by atoms with van der Waals surface area (Å²) >= 11 is 0. The van der Waals surface area contributed by atoms with Crippen molar-refractivity contribution in [3.8, 4) is 0 Å². The van der Waals surface area contributed by atoms with Crippen molar-refractivity contribution in [2.75, 3.05) is 5.75 Å². The molecule has 0 atom stereocenters. The van der Waals surface area contributed by atoms with Gasteiger partial charge in [-0.05, 0) is 11.6 Å². The van der Waals surface area contributed by atoms with Gasteiger partial charge in [-0.2, -0.15) is 0 Å². The number of carboxylic acids is 1. The predicted molar refractivity (Wildman–Crippen MR) is 62.0 cm³/mol. The van der Waals surface area contributed by atoms with E-state index in [4.69, 9.17) is 5.11 Å². The smallest absolute Gasteiger partial charge is 0.354 e. The molecule has 17 heavy (non-hydrogen) atoms. The number of nitrogens with zero attached hydrogens (tertiary/aromatic N) is 1. The Hall–Kier alpha value is -1.73. The average Bonchev–Trinajstić information content (AvgIpc) is 2.27. The summed E-state index contributed by atoms with van der Waals surface area (Å²) in [5.41, 5.74) is 0.505. The van der Waals surface area contributed by atoms with E-state index in [1.807, 2.05) is 0 Å². The number of carbonyl (C=O) groups is 1. The van der Waals surface area contributed by atoms with Gasteiger partial charge in [0.1, 0.15) is 5.69 Å². The summed E-state index contributed by atoms with van der Waals surface area (Å²) in [6.07, 6.45) is 2.61. The van der Waals surface area contributed by atoms with Crippen LogP contribution in [0.3, 0.4) is 0 Å². The van der Waals surface area contributed by atoms with Crippen molar-refractivity contribution in [2.24, 2.45) is 0 Å². The van der Waals surface area contributed by atoms with Gasteiger partial charge in [0, 0.05) is 12.7 Å². The van der Waals surface area contributed by atoms with E-state index in [-0.39, 0.29) is 18.0 Å². The van der Waals surface area contributed by atoms with Crippen molar-refractivity contribution < 1.29 is 18.3 Å². The van der Waals surface area contributed by atoms with Gasteiger partial charge in [0.25, 0.3) is 0 Å². The third-order valence-corrected chi connectivity index (χ3v) is 3.14. The van der Waals surface area contributed by atoms with Crippen LogP contribution in [0.25, 0.3) is 0 Å². The number of pyridine rings is 1. The summed E-state index contributed by atoms with van der Waals surface area (Å²) in [5, 5.41) is 8.62. The maximum atomic E-state index is 11.3. The van der Waals surface area contributed by atoms with Crippen molar-refractivity contribution in [3.63, 3.8) is 0 Å². The number of hydrogen-bond donors (Lipinski definition) is 2. The Kier molecular flexibility index (Phi) is 4.36. The monoisotopic (exact) mass is 256 g/mol. The molecule has 0 saturated carbocycles. The zero-order chi connectivity index (χ0) is 12.9. The number of aromatic nitrogens is 1. The molecule has 0 amide bonds. The molecule has 7 heteroatoms. The fraction of sp³-hybridized carbons (Fsp3) is 0.200. The normalized spacial score (nSPS) is 11.1. The van der Waals surface area contributed by atoms with Crippen molar-refractivity contribution in [1.82, 2.24) is 9.71 Å². The molecule has 1 rings (SSSR count). The summed E-state index contributed by atoms with van der Waals surface area (Å²) in [7, 11) is -3.37. The highest BCUT2D eigenvalue weighted by molar-refractivity contribution is 7.89. The second-order valence-electron chi connectivity index (χ2n) is 3.25. The van der Waals surface area contributed by atoms with Crippen molar-refractivity contribution in [3.05, 3.63) is 42.2 Å². The van der Waals surface area contributed by atoms with Gasteiger partial charge in [0.05, 0.1) is 5.75 Å². The SMILES string of the molecule is C=CCS(=O)(=O)NCc1ccc(C(=O)O)nc1. The molecule has 0 aliphatic carbocycles. The molecule has 0 radical (unpaired) electrons. The second kappa shape index (κ2) is 5.55. The average molecular weight is 256 g/mol. The van der Waals surface area contributed by atoms with Gasteiger partial charge in [-0.15, -0.1) is 6.58 Å². The Bertz CT molecular complexity index is 508. The lowest BCUT2D eigenvalue weighted by Crippen LogP contribution is -2.25. The zero-order valence-corrected chi connectivity index (χ0v) is 9.77. The first-order chi connectivity index (χ1) is 7.94. The van der Waals surface area contributed by atoms with Crippen molar-refractivity contribution in [1.29, 1.82) is 0 Å². The minimum atomic E-state index is -3.37. The van der Waals surface area contributed by atoms with Crippen LogP contribution in [-0.2, 0) is 16.6 Å². The maximum absolute atomic E-state index is 11.3. The molecular formula is C10H12N2O4S.